The van der Waals surface area contributed by atoms with Crippen LogP contribution >= 0.6 is 31.9 Å². The van der Waals surface area contributed by atoms with E-state index in [0.29, 0.717) is 21.3 Å². The molecule has 0 N–H and O–H groups in total. The summed E-state index contributed by atoms with van der Waals surface area (Å²) in [7, 11) is 0. The van der Waals surface area contributed by atoms with Gasteiger partial charge in [-0.15, -0.1) is 0 Å². The number of anilines is 1. The molecule has 0 bridgehead atoms. The molecule has 0 saturated carbocycles. The molecule has 0 aliphatic carbocycles. The maximum absolute atomic E-state index is 12.3. The van der Waals surface area contributed by atoms with E-state index < -0.39 is 0 Å². The number of carbonyl (C=O) groups is 2. The third-order valence-electron chi connectivity index (χ3n) is 2.94. The predicted molar refractivity (Wildman–Crippen MR) is 79.4 cm³/mol. The first-order valence-electron chi connectivity index (χ1n) is 5.52. The molecule has 94 valence electrons. The SMILES string of the molecule is O=C1c2ccccc2C(=O)N1c1ccc(Br)cc1Br. The Kier molecular flexibility index (Phi) is 3.03. The van der Waals surface area contributed by atoms with Crippen LogP contribution in [0.3, 0.4) is 0 Å². The van der Waals surface area contributed by atoms with E-state index >= 15 is 0 Å². The maximum atomic E-state index is 12.3. The van der Waals surface area contributed by atoms with Gasteiger partial charge in [0.25, 0.3) is 11.8 Å². The zero-order valence-electron chi connectivity index (χ0n) is 9.56. The average Bonchev–Trinajstić information content (AvgIpc) is 2.64. The van der Waals surface area contributed by atoms with Gasteiger partial charge in [-0.1, -0.05) is 28.1 Å². The van der Waals surface area contributed by atoms with E-state index in [4.69, 9.17) is 0 Å². The Balaban J connectivity index is 2.14. The lowest BCUT2D eigenvalue weighted by atomic mass is 10.1. The highest BCUT2D eigenvalue weighted by Gasteiger charge is 2.37. The fourth-order valence-electron chi connectivity index (χ4n) is 2.07. The Morgan fingerprint density at radius 3 is 1.95 bits per heavy atom. The van der Waals surface area contributed by atoms with Crippen molar-refractivity contribution in [2.75, 3.05) is 4.90 Å². The average molecular weight is 381 g/mol. The fourth-order valence-corrected chi connectivity index (χ4v) is 3.30. The number of benzene rings is 2. The fraction of sp³-hybridized carbons (Fsp3) is 0. The molecule has 0 saturated heterocycles. The van der Waals surface area contributed by atoms with Crippen molar-refractivity contribution >= 4 is 49.4 Å². The molecule has 2 aromatic rings. The molecule has 0 aromatic heterocycles. The number of rotatable bonds is 1. The van der Waals surface area contributed by atoms with Crippen LogP contribution in [0.4, 0.5) is 5.69 Å². The van der Waals surface area contributed by atoms with Gasteiger partial charge in [0.1, 0.15) is 0 Å². The largest absolute Gasteiger partial charge is 0.268 e. The van der Waals surface area contributed by atoms with E-state index in [9.17, 15) is 9.59 Å². The van der Waals surface area contributed by atoms with Gasteiger partial charge in [-0.25, -0.2) is 4.90 Å². The van der Waals surface area contributed by atoms with Crippen molar-refractivity contribution in [3.8, 4) is 0 Å². The second-order valence-corrected chi connectivity index (χ2v) is 5.86. The van der Waals surface area contributed by atoms with E-state index in [-0.39, 0.29) is 11.8 Å². The number of fused-ring (bicyclic) bond motifs is 1. The van der Waals surface area contributed by atoms with Gasteiger partial charge in [-0.2, -0.15) is 0 Å². The Bertz CT molecular complexity index is 677. The summed E-state index contributed by atoms with van der Waals surface area (Å²) in [5.74, 6) is -0.577. The highest BCUT2D eigenvalue weighted by Crippen LogP contribution is 2.34. The van der Waals surface area contributed by atoms with Crippen LogP contribution in [0.1, 0.15) is 20.7 Å². The van der Waals surface area contributed by atoms with Crippen LogP contribution in [0.5, 0.6) is 0 Å². The molecule has 5 heteroatoms. The molecule has 3 nitrogen and oxygen atoms in total. The van der Waals surface area contributed by atoms with Crippen molar-refractivity contribution in [1.82, 2.24) is 0 Å². The third-order valence-corrected chi connectivity index (χ3v) is 4.07. The zero-order chi connectivity index (χ0) is 13.6. The Morgan fingerprint density at radius 2 is 1.42 bits per heavy atom. The topological polar surface area (TPSA) is 37.4 Å². The Labute approximate surface area is 126 Å². The normalized spacial score (nSPS) is 13.9. The number of imide groups is 1. The van der Waals surface area contributed by atoms with Crippen molar-refractivity contribution in [1.29, 1.82) is 0 Å². The number of carbonyl (C=O) groups excluding carboxylic acids is 2. The molecule has 0 atom stereocenters. The van der Waals surface area contributed by atoms with E-state index in [1.165, 1.54) is 4.90 Å². The summed E-state index contributed by atoms with van der Waals surface area (Å²) in [6, 6.07) is 12.2. The summed E-state index contributed by atoms with van der Waals surface area (Å²) in [4.78, 5) is 25.8. The van der Waals surface area contributed by atoms with Crippen LogP contribution in [0.2, 0.25) is 0 Å². The minimum atomic E-state index is -0.288. The molecule has 1 aliphatic rings. The maximum Gasteiger partial charge on any atom is 0.266 e. The lowest BCUT2D eigenvalue weighted by Gasteiger charge is -2.15. The number of nitrogens with zero attached hydrogens (tertiary/aromatic N) is 1. The van der Waals surface area contributed by atoms with E-state index in [0.717, 1.165) is 4.47 Å². The number of hydrogen-bond acceptors (Lipinski definition) is 2. The van der Waals surface area contributed by atoms with E-state index in [1.807, 2.05) is 0 Å². The molecule has 1 heterocycles. The van der Waals surface area contributed by atoms with Gasteiger partial charge in [0, 0.05) is 8.95 Å². The van der Waals surface area contributed by atoms with Crippen LogP contribution < -0.4 is 4.90 Å². The van der Waals surface area contributed by atoms with Gasteiger partial charge < -0.3 is 0 Å². The van der Waals surface area contributed by atoms with Crippen LogP contribution in [-0.4, -0.2) is 11.8 Å². The van der Waals surface area contributed by atoms with Crippen molar-refractivity contribution in [3.05, 3.63) is 62.5 Å². The van der Waals surface area contributed by atoms with Gasteiger partial charge >= 0.3 is 0 Å². The lowest BCUT2D eigenvalue weighted by molar-refractivity contribution is 0.0926. The monoisotopic (exact) mass is 379 g/mol. The first-order valence-corrected chi connectivity index (χ1v) is 7.11. The first kappa shape index (κ1) is 12.6. The van der Waals surface area contributed by atoms with E-state index in [2.05, 4.69) is 31.9 Å². The van der Waals surface area contributed by atoms with Gasteiger partial charge in [0.2, 0.25) is 0 Å². The minimum Gasteiger partial charge on any atom is -0.268 e. The molecule has 0 fully saturated rings. The molecular formula is C14H7Br2NO2. The van der Waals surface area contributed by atoms with Gasteiger partial charge in [0.15, 0.2) is 0 Å². The van der Waals surface area contributed by atoms with Crippen LogP contribution in [0.25, 0.3) is 0 Å². The molecule has 1 aliphatic heterocycles. The van der Waals surface area contributed by atoms with Crippen molar-refractivity contribution in [2.45, 2.75) is 0 Å². The predicted octanol–water partition coefficient (Wildman–Crippen LogP) is 4.01. The number of hydrogen-bond donors (Lipinski definition) is 0. The second-order valence-electron chi connectivity index (χ2n) is 4.09. The Hall–Kier alpha value is -1.46. The van der Waals surface area contributed by atoms with E-state index in [1.54, 1.807) is 42.5 Å². The smallest absolute Gasteiger partial charge is 0.266 e. The number of amides is 2. The van der Waals surface area contributed by atoms with Crippen molar-refractivity contribution < 1.29 is 9.59 Å². The van der Waals surface area contributed by atoms with Crippen LogP contribution in [-0.2, 0) is 0 Å². The molecule has 2 aromatic carbocycles. The van der Waals surface area contributed by atoms with Crippen LogP contribution in [0.15, 0.2) is 51.4 Å². The van der Waals surface area contributed by atoms with Gasteiger partial charge in [-0.3, -0.25) is 9.59 Å². The summed E-state index contributed by atoms with van der Waals surface area (Å²) < 4.78 is 1.57. The van der Waals surface area contributed by atoms with Crippen LogP contribution in [0, 0.1) is 0 Å². The summed E-state index contributed by atoms with van der Waals surface area (Å²) in [6.45, 7) is 0. The number of halogens is 2. The quantitative estimate of drug-likeness (QED) is 0.701. The second kappa shape index (κ2) is 4.58. The van der Waals surface area contributed by atoms with Crippen molar-refractivity contribution in [2.24, 2.45) is 0 Å². The summed E-state index contributed by atoms with van der Waals surface area (Å²) in [5, 5.41) is 0. The molecule has 0 unspecified atom stereocenters. The molecule has 0 radical (unpaired) electrons. The van der Waals surface area contributed by atoms with Gasteiger partial charge in [-0.05, 0) is 46.3 Å². The molecule has 3 rings (SSSR count). The molecule has 0 spiro atoms. The highest BCUT2D eigenvalue weighted by molar-refractivity contribution is 9.11. The highest BCUT2D eigenvalue weighted by atomic mass is 79.9. The minimum absolute atomic E-state index is 0.288. The summed E-state index contributed by atoms with van der Waals surface area (Å²) in [5.41, 5.74) is 1.44. The summed E-state index contributed by atoms with van der Waals surface area (Å²) in [6.07, 6.45) is 0. The first-order chi connectivity index (χ1) is 9.09. The molecule has 2 amide bonds. The third kappa shape index (κ3) is 1.93. The van der Waals surface area contributed by atoms with Crippen molar-refractivity contribution in [3.63, 3.8) is 0 Å². The molecule has 19 heavy (non-hydrogen) atoms. The zero-order valence-corrected chi connectivity index (χ0v) is 12.7. The lowest BCUT2D eigenvalue weighted by Crippen LogP contribution is -2.29. The standard InChI is InChI=1S/C14H7Br2NO2/c15-8-5-6-12(11(16)7-8)17-13(18)9-3-1-2-4-10(9)14(17)19/h1-7H. The summed E-state index contributed by atoms with van der Waals surface area (Å²) >= 11 is 6.73. The van der Waals surface area contributed by atoms with Gasteiger partial charge in [0.05, 0.1) is 16.8 Å². The molecular weight excluding hydrogens is 374 g/mol. The Morgan fingerprint density at radius 1 is 0.842 bits per heavy atom.